The highest BCUT2D eigenvalue weighted by molar-refractivity contribution is 4.89. The number of aliphatic hydroxyl groups excluding tert-OH is 5. The van der Waals surface area contributed by atoms with Gasteiger partial charge in [-0.15, -0.1) is 0 Å². The third kappa shape index (κ3) is 1.97. The monoisotopic (exact) mass is 196 g/mol. The molecule has 0 bridgehead atoms. The van der Waals surface area contributed by atoms with E-state index in [9.17, 15) is 0 Å². The number of ether oxygens (including phenoxy) is 1. The molecule has 1 rings (SSSR count). The second-order valence-corrected chi connectivity index (χ2v) is 2.88. The smallest absolute Gasteiger partial charge is 0.184 e. The van der Waals surface area contributed by atoms with Gasteiger partial charge in [0.25, 0.3) is 0 Å². The van der Waals surface area contributed by atoms with Crippen molar-refractivity contribution in [2.45, 2.75) is 37.0 Å². The normalized spacial score (nSPS) is 46.8. The lowest BCUT2D eigenvalue weighted by molar-refractivity contribution is -0.317. The Morgan fingerprint density at radius 2 is 1.38 bits per heavy atom. The molecule has 78 valence electrons. The summed E-state index contributed by atoms with van der Waals surface area (Å²) >= 11 is 0. The predicted molar refractivity (Wildman–Crippen MR) is 37.1 cm³/mol. The average Bonchev–Trinajstić information content (AvgIpc) is 2.07. The minimum Gasteiger partial charge on any atom is -0.387 e. The first-order valence-corrected chi connectivity index (χ1v) is 3.69. The Hall–Kier alpha value is -0.280. The highest BCUT2D eigenvalue weighted by atomic mass is 16.7. The van der Waals surface area contributed by atoms with E-state index in [1.165, 1.54) is 0 Å². The van der Waals surface area contributed by atoms with Gasteiger partial charge in [-0.25, -0.2) is 0 Å². The molecule has 0 unspecified atom stereocenters. The summed E-state index contributed by atoms with van der Waals surface area (Å²) in [5.41, 5.74) is 0. The van der Waals surface area contributed by atoms with Crippen LogP contribution in [-0.2, 0) is 4.74 Å². The summed E-state index contributed by atoms with van der Waals surface area (Å²) in [6, 6.07) is 0. The van der Waals surface area contributed by atoms with Crippen molar-refractivity contribution in [2.24, 2.45) is 0 Å². The Morgan fingerprint density at radius 1 is 0.846 bits per heavy atom. The third-order valence-corrected chi connectivity index (χ3v) is 1.92. The molecular formula is C6H12O7. The van der Waals surface area contributed by atoms with Crippen LogP contribution in [0, 0.1) is 0 Å². The van der Waals surface area contributed by atoms with Crippen molar-refractivity contribution in [3.8, 4) is 0 Å². The molecule has 0 radical (unpaired) electrons. The summed E-state index contributed by atoms with van der Waals surface area (Å²) < 4.78 is 4.44. The summed E-state index contributed by atoms with van der Waals surface area (Å²) in [6.07, 6.45) is -10.3. The molecule has 0 aromatic heterocycles. The van der Waals surface area contributed by atoms with Gasteiger partial charge in [0.1, 0.15) is 24.4 Å². The number of hydrogen-bond acceptors (Lipinski definition) is 7. The third-order valence-electron chi connectivity index (χ3n) is 1.92. The van der Waals surface area contributed by atoms with Gasteiger partial charge in [-0.1, -0.05) is 0 Å². The van der Waals surface area contributed by atoms with E-state index >= 15 is 0 Å². The molecule has 7 nitrogen and oxygen atoms in total. The van der Waals surface area contributed by atoms with Gasteiger partial charge >= 0.3 is 0 Å². The van der Waals surface area contributed by atoms with Crippen LogP contribution < -0.4 is 0 Å². The van der Waals surface area contributed by atoms with Gasteiger partial charge in [0.2, 0.25) is 0 Å². The minimum absolute atomic E-state index is 1.53. The quantitative estimate of drug-likeness (QED) is 0.236. The molecule has 5 atom stereocenters. The lowest BCUT2D eigenvalue weighted by atomic mass is 9.99. The summed E-state index contributed by atoms with van der Waals surface area (Å²) in [6.45, 7) is 0. The molecule has 1 fully saturated rings. The maximum Gasteiger partial charge on any atom is 0.184 e. The summed E-state index contributed by atoms with van der Waals surface area (Å²) in [5, 5.41) is 53.4. The lowest BCUT2D eigenvalue weighted by Crippen LogP contribution is -2.60. The van der Waals surface area contributed by atoms with E-state index in [1.807, 2.05) is 0 Å². The van der Waals surface area contributed by atoms with Gasteiger partial charge in [-0.3, -0.25) is 0 Å². The number of aliphatic hydroxyl groups is 6. The highest BCUT2D eigenvalue weighted by Gasteiger charge is 2.45. The van der Waals surface area contributed by atoms with E-state index in [1.54, 1.807) is 0 Å². The molecule has 0 aliphatic carbocycles. The zero-order valence-electron chi connectivity index (χ0n) is 6.56. The van der Waals surface area contributed by atoms with Crippen LogP contribution in [0.15, 0.2) is 0 Å². The molecule has 1 aliphatic heterocycles. The molecule has 0 amide bonds. The molecule has 1 aliphatic rings. The van der Waals surface area contributed by atoms with E-state index in [0.29, 0.717) is 0 Å². The molecule has 0 aromatic rings. The van der Waals surface area contributed by atoms with Crippen LogP contribution in [0.4, 0.5) is 0 Å². The maximum atomic E-state index is 9.13. The van der Waals surface area contributed by atoms with Crippen molar-refractivity contribution < 1.29 is 35.4 Å². The Kier molecular flexibility index (Phi) is 3.19. The molecule has 0 saturated carbocycles. The van der Waals surface area contributed by atoms with Gasteiger partial charge in [0.15, 0.2) is 12.6 Å². The van der Waals surface area contributed by atoms with Gasteiger partial charge in [0, 0.05) is 0 Å². The molecular weight excluding hydrogens is 184 g/mol. The highest BCUT2D eigenvalue weighted by Crippen LogP contribution is 2.21. The van der Waals surface area contributed by atoms with Crippen molar-refractivity contribution in [1.29, 1.82) is 0 Å². The second kappa shape index (κ2) is 3.84. The first kappa shape index (κ1) is 10.8. The van der Waals surface area contributed by atoms with Crippen LogP contribution in [0.3, 0.4) is 0 Å². The maximum absolute atomic E-state index is 9.13. The van der Waals surface area contributed by atoms with Crippen molar-refractivity contribution in [3.63, 3.8) is 0 Å². The van der Waals surface area contributed by atoms with Crippen LogP contribution >= 0.6 is 0 Å². The second-order valence-electron chi connectivity index (χ2n) is 2.88. The van der Waals surface area contributed by atoms with Crippen molar-refractivity contribution in [3.05, 3.63) is 0 Å². The van der Waals surface area contributed by atoms with Gasteiger partial charge in [-0.05, 0) is 0 Å². The van der Waals surface area contributed by atoms with Crippen LogP contribution in [0.2, 0.25) is 0 Å². The first-order valence-electron chi connectivity index (χ1n) is 3.69. The fraction of sp³-hybridized carbons (Fsp3) is 1.00. The summed E-state index contributed by atoms with van der Waals surface area (Å²) in [7, 11) is 0. The molecule has 13 heavy (non-hydrogen) atoms. The molecule has 6 N–H and O–H groups in total. The van der Waals surface area contributed by atoms with Crippen LogP contribution in [-0.4, -0.2) is 67.6 Å². The predicted octanol–water partition coefficient (Wildman–Crippen LogP) is -3.90. The van der Waals surface area contributed by atoms with Crippen LogP contribution in [0.5, 0.6) is 0 Å². The van der Waals surface area contributed by atoms with Crippen molar-refractivity contribution in [1.82, 2.24) is 0 Å². The Balaban J connectivity index is 2.70. The molecule has 0 aromatic carbocycles. The fourth-order valence-electron chi connectivity index (χ4n) is 1.13. The van der Waals surface area contributed by atoms with E-state index in [2.05, 4.69) is 4.74 Å². The standard InChI is InChI=1S/C6H12O7/c7-1-2(8)4(5(10)11)13-6(12)3(1)9/h1-12H/t1-,2+,3+,4-,6+/m0/s1. The van der Waals surface area contributed by atoms with Crippen LogP contribution in [0.1, 0.15) is 0 Å². The Labute approximate surface area is 73.4 Å². The molecule has 1 heterocycles. The molecule has 0 spiro atoms. The number of hydrogen-bond donors (Lipinski definition) is 6. The van der Waals surface area contributed by atoms with Gasteiger partial charge < -0.3 is 35.4 Å². The zero-order chi connectivity index (χ0) is 10.2. The van der Waals surface area contributed by atoms with Gasteiger partial charge in [-0.2, -0.15) is 0 Å². The lowest BCUT2D eigenvalue weighted by Gasteiger charge is -2.38. The Morgan fingerprint density at radius 3 is 1.85 bits per heavy atom. The van der Waals surface area contributed by atoms with Crippen LogP contribution in [0.25, 0.3) is 0 Å². The van der Waals surface area contributed by atoms with E-state index in [0.717, 1.165) is 0 Å². The largest absolute Gasteiger partial charge is 0.387 e. The van der Waals surface area contributed by atoms with Crippen molar-refractivity contribution in [2.75, 3.05) is 0 Å². The topological polar surface area (TPSA) is 131 Å². The minimum atomic E-state index is -2.04. The first-order chi connectivity index (χ1) is 5.95. The molecule has 1 saturated heterocycles. The number of rotatable bonds is 1. The van der Waals surface area contributed by atoms with E-state index in [-0.39, 0.29) is 0 Å². The SMILES string of the molecule is OC(O)[C@H]1O[C@@H](O)[C@H](O)[C@@H](O)[C@H]1O. The zero-order valence-corrected chi connectivity index (χ0v) is 6.56. The summed E-state index contributed by atoms with van der Waals surface area (Å²) in [5.74, 6) is 0. The van der Waals surface area contributed by atoms with E-state index in [4.69, 9.17) is 30.6 Å². The summed E-state index contributed by atoms with van der Waals surface area (Å²) in [4.78, 5) is 0. The fourth-order valence-corrected chi connectivity index (χ4v) is 1.13. The Bertz CT molecular complexity index is 172. The van der Waals surface area contributed by atoms with E-state index < -0.39 is 37.0 Å². The van der Waals surface area contributed by atoms with Gasteiger partial charge in [0.05, 0.1) is 0 Å². The molecule has 7 heteroatoms. The van der Waals surface area contributed by atoms with Crippen molar-refractivity contribution >= 4 is 0 Å². The average molecular weight is 196 g/mol.